The van der Waals surface area contributed by atoms with E-state index in [4.69, 9.17) is 9.84 Å². The van der Waals surface area contributed by atoms with Gasteiger partial charge in [-0.05, 0) is 18.2 Å². The number of hydrogen-bond donors (Lipinski definition) is 1. The third-order valence-corrected chi connectivity index (χ3v) is 2.82. The molecule has 1 aromatic rings. The molecule has 0 aliphatic carbocycles. The minimum Gasteiger partial charge on any atom is -0.478 e. The molecule has 21 heavy (non-hydrogen) atoms. The van der Waals surface area contributed by atoms with Crippen molar-refractivity contribution >= 4 is 11.7 Å². The SMILES string of the molecule is C=CCN(CCOC)c1ccc(C(=O)O)c(C(F)(F)F)c1. The van der Waals surface area contributed by atoms with Crippen LogP contribution in [-0.2, 0) is 10.9 Å². The summed E-state index contributed by atoms with van der Waals surface area (Å²) in [4.78, 5) is 12.5. The number of carboxylic acids is 1. The lowest BCUT2D eigenvalue weighted by Crippen LogP contribution is -2.28. The average molecular weight is 303 g/mol. The van der Waals surface area contributed by atoms with Crippen molar-refractivity contribution in [3.8, 4) is 0 Å². The first-order valence-corrected chi connectivity index (χ1v) is 6.10. The Bertz CT molecular complexity index is 515. The fourth-order valence-corrected chi connectivity index (χ4v) is 1.83. The summed E-state index contributed by atoms with van der Waals surface area (Å²) in [6.07, 6.45) is -3.18. The van der Waals surface area contributed by atoms with Crippen LogP contribution in [0, 0.1) is 0 Å². The maximum Gasteiger partial charge on any atom is 0.417 e. The molecule has 0 unspecified atom stereocenters. The molecule has 0 fully saturated rings. The summed E-state index contributed by atoms with van der Waals surface area (Å²) in [7, 11) is 1.49. The average Bonchev–Trinajstić information content (AvgIpc) is 2.41. The summed E-state index contributed by atoms with van der Waals surface area (Å²) in [5.41, 5.74) is -1.67. The molecule has 0 aliphatic heterocycles. The Morgan fingerprint density at radius 2 is 2.14 bits per heavy atom. The van der Waals surface area contributed by atoms with E-state index < -0.39 is 23.3 Å². The topological polar surface area (TPSA) is 49.8 Å². The van der Waals surface area contributed by atoms with Gasteiger partial charge < -0.3 is 14.7 Å². The van der Waals surface area contributed by atoms with Gasteiger partial charge >= 0.3 is 12.1 Å². The summed E-state index contributed by atoms with van der Waals surface area (Å²) >= 11 is 0. The predicted octanol–water partition coefficient (Wildman–Crippen LogP) is 3.04. The van der Waals surface area contributed by atoms with Crippen LogP contribution in [0.15, 0.2) is 30.9 Å². The Hall–Kier alpha value is -2.02. The number of anilines is 1. The number of methoxy groups -OCH3 is 1. The first kappa shape index (κ1) is 17.0. The monoisotopic (exact) mass is 303 g/mol. The van der Waals surface area contributed by atoms with Gasteiger partial charge in [-0.15, -0.1) is 6.58 Å². The predicted molar refractivity (Wildman–Crippen MR) is 72.7 cm³/mol. The molecule has 0 aromatic heterocycles. The van der Waals surface area contributed by atoms with Crippen molar-refractivity contribution < 1.29 is 27.8 Å². The van der Waals surface area contributed by atoms with Crippen LogP contribution >= 0.6 is 0 Å². The van der Waals surface area contributed by atoms with E-state index in [0.717, 1.165) is 12.1 Å². The van der Waals surface area contributed by atoms with Crippen molar-refractivity contribution in [1.82, 2.24) is 0 Å². The number of rotatable bonds is 7. The van der Waals surface area contributed by atoms with Crippen LogP contribution in [-0.4, -0.2) is 37.9 Å². The van der Waals surface area contributed by atoms with Gasteiger partial charge in [0.1, 0.15) is 0 Å². The number of ether oxygens (including phenoxy) is 1. The van der Waals surface area contributed by atoms with E-state index in [2.05, 4.69) is 6.58 Å². The molecule has 0 spiro atoms. The molecule has 0 amide bonds. The number of carboxylic acid groups (broad SMARTS) is 1. The van der Waals surface area contributed by atoms with Crippen LogP contribution in [0.1, 0.15) is 15.9 Å². The molecule has 4 nitrogen and oxygen atoms in total. The second kappa shape index (κ2) is 7.12. The quantitative estimate of drug-likeness (QED) is 0.787. The maximum atomic E-state index is 13.0. The summed E-state index contributed by atoms with van der Waals surface area (Å²) < 4.78 is 43.8. The normalized spacial score (nSPS) is 11.2. The van der Waals surface area contributed by atoms with E-state index in [1.165, 1.54) is 13.2 Å². The van der Waals surface area contributed by atoms with Gasteiger partial charge in [0, 0.05) is 25.9 Å². The Balaban J connectivity index is 3.24. The van der Waals surface area contributed by atoms with Gasteiger partial charge in [0.15, 0.2) is 0 Å². The van der Waals surface area contributed by atoms with Crippen LogP contribution in [0.2, 0.25) is 0 Å². The summed E-state index contributed by atoms with van der Waals surface area (Å²) in [5, 5.41) is 8.85. The number of aromatic carboxylic acids is 1. The summed E-state index contributed by atoms with van der Waals surface area (Å²) in [5.74, 6) is -1.61. The molecule has 1 rings (SSSR count). The Morgan fingerprint density at radius 3 is 2.62 bits per heavy atom. The first-order valence-electron chi connectivity index (χ1n) is 6.10. The summed E-state index contributed by atoms with van der Waals surface area (Å²) in [6.45, 7) is 4.58. The van der Waals surface area contributed by atoms with Crippen LogP contribution in [0.4, 0.5) is 18.9 Å². The molecule has 0 heterocycles. The molecule has 116 valence electrons. The van der Waals surface area contributed by atoms with Gasteiger partial charge in [0.25, 0.3) is 0 Å². The lowest BCUT2D eigenvalue weighted by Gasteiger charge is -2.24. The fourth-order valence-electron chi connectivity index (χ4n) is 1.83. The standard InChI is InChI=1S/C14H16F3NO3/c1-3-6-18(7-8-21-2)10-4-5-11(13(19)20)12(9-10)14(15,16)17/h3-5,9H,1,6-8H2,2H3,(H,19,20). The highest BCUT2D eigenvalue weighted by Crippen LogP contribution is 2.34. The number of alkyl halides is 3. The first-order chi connectivity index (χ1) is 9.81. The van der Waals surface area contributed by atoms with Gasteiger partial charge in [0.05, 0.1) is 17.7 Å². The van der Waals surface area contributed by atoms with Crippen molar-refractivity contribution in [2.75, 3.05) is 31.7 Å². The van der Waals surface area contributed by atoms with Crippen LogP contribution in [0.25, 0.3) is 0 Å². The highest BCUT2D eigenvalue weighted by molar-refractivity contribution is 5.90. The molecule has 1 aromatic carbocycles. The number of hydrogen-bond acceptors (Lipinski definition) is 3. The molecule has 0 atom stereocenters. The molecule has 0 saturated heterocycles. The Kier molecular flexibility index (Phi) is 5.78. The molecular weight excluding hydrogens is 287 g/mol. The number of nitrogens with zero attached hydrogens (tertiary/aromatic N) is 1. The number of halogens is 3. The Labute approximate surface area is 120 Å². The second-order valence-electron chi connectivity index (χ2n) is 4.26. The van der Waals surface area contributed by atoms with Gasteiger partial charge in [-0.3, -0.25) is 0 Å². The second-order valence-corrected chi connectivity index (χ2v) is 4.26. The number of carbonyl (C=O) groups is 1. The third kappa shape index (κ3) is 4.49. The highest BCUT2D eigenvalue weighted by Gasteiger charge is 2.35. The lowest BCUT2D eigenvalue weighted by molar-refractivity contribution is -0.138. The van der Waals surface area contributed by atoms with Crippen molar-refractivity contribution in [1.29, 1.82) is 0 Å². The minimum absolute atomic E-state index is 0.268. The smallest absolute Gasteiger partial charge is 0.417 e. The van der Waals surface area contributed by atoms with E-state index in [0.29, 0.717) is 19.7 Å². The van der Waals surface area contributed by atoms with Crippen LogP contribution in [0.3, 0.4) is 0 Å². The molecule has 7 heteroatoms. The molecule has 0 radical (unpaired) electrons. The van der Waals surface area contributed by atoms with E-state index in [-0.39, 0.29) is 5.69 Å². The van der Waals surface area contributed by atoms with Crippen LogP contribution < -0.4 is 4.90 Å². The van der Waals surface area contributed by atoms with Gasteiger partial charge in [-0.1, -0.05) is 6.08 Å². The van der Waals surface area contributed by atoms with Crippen molar-refractivity contribution in [3.63, 3.8) is 0 Å². The minimum atomic E-state index is -4.73. The Morgan fingerprint density at radius 1 is 1.48 bits per heavy atom. The van der Waals surface area contributed by atoms with Gasteiger partial charge in [0.2, 0.25) is 0 Å². The van der Waals surface area contributed by atoms with Crippen molar-refractivity contribution in [2.24, 2.45) is 0 Å². The summed E-state index contributed by atoms with van der Waals surface area (Å²) in [6, 6.07) is 3.14. The highest BCUT2D eigenvalue weighted by atomic mass is 19.4. The van der Waals surface area contributed by atoms with E-state index in [1.807, 2.05) is 0 Å². The zero-order chi connectivity index (χ0) is 16.0. The maximum absolute atomic E-state index is 13.0. The molecule has 1 N–H and O–H groups in total. The van der Waals surface area contributed by atoms with Gasteiger partial charge in [-0.25, -0.2) is 4.79 Å². The van der Waals surface area contributed by atoms with E-state index in [1.54, 1.807) is 11.0 Å². The van der Waals surface area contributed by atoms with Crippen molar-refractivity contribution in [3.05, 3.63) is 42.0 Å². The largest absolute Gasteiger partial charge is 0.478 e. The molecule has 0 saturated carbocycles. The van der Waals surface area contributed by atoms with E-state index in [9.17, 15) is 18.0 Å². The zero-order valence-corrected chi connectivity index (χ0v) is 11.5. The van der Waals surface area contributed by atoms with Crippen molar-refractivity contribution in [2.45, 2.75) is 6.18 Å². The number of benzene rings is 1. The molecule has 0 aliphatic rings. The van der Waals surface area contributed by atoms with Crippen LogP contribution in [0.5, 0.6) is 0 Å². The lowest BCUT2D eigenvalue weighted by atomic mass is 10.1. The van der Waals surface area contributed by atoms with Gasteiger partial charge in [-0.2, -0.15) is 13.2 Å². The molecule has 0 bridgehead atoms. The van der Waals surface area contributed by atoms with E-state index >= 15 is 0 Å². The fraction of sp³-hybridized carbons (Fsp3) is 0.357. The molecular formula is C14H16F3NO3. The third-order valence-electron chi connectivity index (χ3n) is 2.82. The zero-order valence-electron chi connectivity index (χ0n) is 11.5.